The first-order chi connectivity index (χ1) is 7.74. The van der Waals surface area contributed by atoms with Gasteiger partial charge in [-0.2, -0.15) is 0 Å². The average Bonchev–Trinajstić information content (AvgIpc) is 2.32. The normalized spacial score (nSPS) is 10.9. The van der Waals surface area contributed by atoms with Gasteiger partial charge in [0.05, 0.1) is 12.1 Å². The number of benzene rings is 1. The molecule has 0 atom stereocenters. The molecule has 1 aromatic carbocycles. The van der Waals surface area contributed by atoms with Crippen molar-refractivity contribution in [1.82, 2.24) is 4.57 Å². The highest BCUT2D eigenvalue weighted by Gasteiger charge is 2.04. The van der Waals surface area contributed by atoms with Crippen LogP contribution in [-0.2, 0) is 11.3 Å². The number of hydrogen-bond acceptors (Lipinski definition) is 2. The second-order valence-corrected chi connectivity index (χ2v) is 3.84. The van der Waals surface area contributed by atoms with Gasteiger partial charge in [-0.25, -0.2) is 0 Å². The zero-order chi connectivity index (χ0) is 11.5. The molecule has 2 rings (SSSR count). The highest BCUT2D eigenvalue weighted by molar-refractivity contribution is 5.79. The van der Waals surface area contributed by atoms with Crippen molar-refractivity contribution in [3.05, 3.63) is 46.2 Å². The van der Waals surface area contributed by atoms with Crippen molar-refractivity contribution in [3.8, 4) is 0 Å². The van der Waals surface area contributed by atoms with Crippen molar-refractivity contribution in [1.29, 1.82) is 0 Å². The van der Waals surface area contributed by atoms with Gasteiger partial charge in [0.1, 0.15) is 0 Å². The first-order valence-corrected chi connectivity index (χ1v) is 5.32. The van der Waals surface area contributed by atoms with E-state index in [1.165, 1.54) is 0 Å². The Kier molecular flexibility index (Phi) is 3.06. The molecule has 3 nitrogen and oxygen atoms in total. The predicted molar refractivity (Wildman–Crippen MR) is 64.8 cm³/mol. The van der Waals surface area contributed by atoms with Crippen LogP contribution in [0.4, 0.5) is 0 Å². The minimum Gasteiger partial charge on any atom is -0.383 e. The summed E-state index contributed by atoms with van der Waals surface area (Å²) in [5, 5.41) is 0.776. The van der Waals surface area contributed by atoms with Crippen LogP contribution in [0.2, 0.25) is 0 Å². The number of hydrogen-bond donors (Lipinski definition) is 0. The van der Waals surface area contributed by atoms with Gasteiger partial charge < -0.3 is 9.30 Å². The zero-order valence-corrected chi connectivity index (χ0v) is 9.56. The topological polar surface area (TPSA) is 31.2 Å². The molecule has 0 aliphatic heterocycles. The van der Waals surface area contributed by atoms with E-state index >= 15 is 0 Å². The maximum atomic E-state index is 11.9. The molecule has 0 amide bonds. The molecule has 2 aromatic rings. The lowest BCUT2D eigenvalue weighted by Crippen LogP contribution is -2.14. The largest absolute Gasteiger partial charge is 0.383 e. The van der Waals surface area contributed by atoms with Crippen LogP contribution in [0.25, 0.3) is 10.9 Å². The van der Waals surface area contributed by atoms with Crippen molar-refractivity contribution in [2.24, 2.45) is 0 Å². The molecule has 1 heterocycles. The molecule has 1 aromatic heterocycles. The lowest BCUT2D eigenvalue weighted by atomic mass is 10.1. The maximum absolute atomic E-state index is 11.9. The van der Waals surface area contributed by atoms with E-state index in [2.05, 4.69) is 4.57 Å². The van der Waals surface area contributed by atoms with Gasteiger partial charge in [0, 0.05) is 30.8 Å². The number of pyridine rings is 1. The molecule has 3 heteroatoms. The number of para-hydroxylation sites is 1. The van der Waals surface area contributed by atoms with Crippen molar-refractivity contribution in [3.63, 3.8) is 0 Å². The number of aromatic nitrogens is 1. The van der Waals surface area contributed by atoms with Crippen LogP contribution in [0, 0.1) is 6.92 Å². The summed E-state index contributed by atoms with van der Waals surface area (Å²) in [7, 11) is 1.68. The van der Waals surface area contributed by atoms with E-state index in [-0.39, 0.29) is 5.43 Å². The number of ether oxygens (including phenoxy) is 1. The van der Waals surface area contributed by atoms with E-state index < -0.39 is 0 Å². The lowest BCUT2D eigenvalue weighted by Gasteiger charge is -2.11. The first-order valence-electron chi connectivity index (χ1n) is 5.32. The molecule has 0 unspecified atom stereocenters. The number of fused-ring (bicyclic) bond motifs is 1. The average molecular weight is 217 g/mol. The molecule has 84 valence electrons. The SMILES string of the molecule is COCCn1cc(C)c(=O)c2ccccc21. The minimum atomic E-state index is 0.115. The van der Waals surface area contributed by atoms with Gasteiger partial charge in [0.25, 0.3) is 0 Å². The van der Waals surface area contributed by atoms with Gasteiger partial charge in [-0.3, -0.25) is 4.79 Å². The number of nitrogens with zero attached hydrogens (tertiary/aromatic N) is 1. The Hall–Kier alpha value is -1.61. The molecule has 0 saturated heterocycles. The standard InChI is InChI=1S/C13H15NO2/c1-10-9-14(7-8-16-2)12-6-4-3-5-11(12)13(10)15/h3-6,9H,7-8H2,1-2H3. The van der Waals surface area contributed by atoms with Gasteiger partial charge in [-0.1, -0.05) is 12.1 Å². The Morgan fingerprint density at radius 1 is 1.31 bits per heavy atom. The maximum Gasteiger partial charge on any atom is 0.192 e. The van der Waals surface area contributed by atoms with Gasteiger partial charge in [0.2, 0.25) is 0 Å². The third-order valence-corrected chi connectivity index (χ3v) is 2.70. The quantitative estimate of drug-likeness (QED) is 0.787. The van der Waals surface area contributed by atoms with Crippen LogP contribution in [0.5, 0.6) is 0 Å². The summed E-state index contributed by atoms with van der Waals surface area (Å²) in [6, 6.07) is 7.67. The highest BCUT2D eigenvalue weighted by Crippen LogP contribution is 2.11. The van der Waals surface area contributed by atoms with Crippen molar-refractivity contribution < 1.29 is 4.74 Å². The molecule has 0 N–H and O–H groups in total. The van der Waals surface area contributed by atoms with E-state index in [1.54, 1.807) is 7.11 Å². The number of aryl methyl sites for hydroxylation is 1. The second-order valence-electron chi connectivity index (χ2n) is 3.84. The zero-order valence-electron chi connectivity index (χ0n) is 9.56. The van der Waals surface area contributed by atoms with E-state index in [0.717, 1.165) is 23.0 Å². The molecular weight excluding hydrogens is 202 g/mol. The molecular formula is C13H15NO2. The van der Waals surface area contributed by atoms with Gasteiger partial charge in [-0.05, 0) is 19.1 Å². The van der Waals surface area contributed by atoms with Crippen LogP contribution in [0.15, 0.2) is 35.3 Å². The van der Waals surface area contributed by atoms with Crippen LogP contribution >= 0.6 is 0 Å². The van der Waals surface area contributed by atoms with E-state index in [0.29, 0.717) is 6.61 Å². The van der Waals surface area contributed by atoms with Crippen molar-refractivity contribution in [2.75, 3.05) is 13.7 Å². The van der Waals surface area contributed by atoms with Crippen LogP contribution in [0.3, 0.4) is 0 Å². The minimum absolute atomic E-state index is 0.115. The van der Waals surface area contributed by atoms with Gasteiger partial charge >= 0.3 is 0 Å². The van der Waals surface area contributed by atoms with E-state index in [1.807, 2.05) is 37.4 Å². The number of methoxy groups -OCH3 is 1. The summed E-state index contributed by atoms with van der Waals surface area (Å²) in [5.41, 5.74) is 1.86. The molecule has 0 spiro atoms. The predicted octanol–water partition coefficient (Wildman–Crippen LogP) is 1.96. The molecule has 0 fully saturated rings. The van der Waals surface area contributed by atoms with Crippen LogP contribution in [-0.4, -0.2) is 18.3 Å². The first kappa shape index (κ1) is 10.9. The summed E-state index contributed by atoms with van der Waals surface area (Å²) in [6.45, 7) is 3.25. The molecule has 0 bridgehead atoms. The Balaban J connectivity index is 2.65. The lowest BCUT2D eigenvalue weighted by molar-refractivity contribution is 0.188. The molecule has 0 aliphatic carbocycles. The van der Waals surface area contributed by atoms with Crippen LogP contribution < -0.4 is 5.43 Å². The van der Waals surface area contributed by atoms with E-state index in [4.69, 9.17) is 4.74 Å². The second kappa shape index (κ2) is 4.49. The summed E-state index contributed by atoms with van der Waals surface area (Å²) in [5.74, 6) is 0. The summed E-state index contributed by atoms with van der Waals surface area (Å²) >= 11 is 0. The van der Waals surface area contributed by atoms with Crippen molar-refractivity contribution in [2.45, 2.75) is 13.5 Å². The van der Waals surface area contributed by atoms with E-state index in [9.17, 15) is 4.79 Å². The molecule has 0 aliphatic rings. The highest BCUT2D eigenvalue weighted by atomic mass is 16.5. The number of rotatable bonds is 3. The van der Waals surface area contributed by atoms with Gasteiger partial charge in [-0.15, -0.1) is 0 Å². The fourth-order valence-electron chi connectivity index (χ4n) is 1.87. The smallest absolute Gasteiger partial charge is 0.192 e. The summed E-state index contributed by atoms with van der Waals surface area (Å²) in [6.07, 6.45) is 1.89. The Bertz CT molecular complexity index is 557. The fraction of sp³-hybridized carbons (Fsp3) is 0.308. The van der Waals surface area contributed by atoms with Crippen molar-refractivity contribution >= 4 is 10.9 Å². The summed E-state index contributed by atoms with van der Waals surface area (Å²) < 4.78 is 7.13. The Morgan fingerprint density at radius 2 is 2.06 bits per heavy atom. The third kappa shape index (κ3) is 1.86. The molecule has 16 heavy (non-hydrogen) atoms. The monoisotopic (exact) mass is 217 g/mol. The summed E-state index contributed by atoms with van der Waals surface area (Å²) in [4.78, 5) is 11.9. The fourth-order valence-corrected chi connectivity index (χ4v) is 1.87. The van der Waals surface area contributed by atoms with Crippen LogP contribution in [0.1, 0.15) is 5.56 Å². The van der Waals surface area contributed by atoms with Gasteiger partial charge in [0.15, 0.2) is 5.43 Å². The Morgan fingerprint density at radius 3 is 2.81 bits per heavy atom. The molecule has 0 saturated carbocycles. The Labute approximate surface area is 94.3 Å². The molecule has 0 radical (unpaired) electrons. The third-order valence-electron chi connectivity index (χ3n) is 2.70.